The fourth-order valence-electron chi connectivity index (χ4n) is 2.31. The van der Waals surface area contributed by atoms with Crippen molar-refractivity contribution >= 4 is 22.2 Å². The Balaban J connectivity index is 2.10. The minimum absolute atomic E-state index is 0.00646. The van der Waals surface area contributed by atoms with Crippen LogP contribution >= 0.6 is 0 Å². The smallest absolute Gasteiger partial charge is 0.162 e. The number of nitrogens with zero attached hydrogens (tertiary/aromatic N) is 6. The number of hydrogen-bond donors (Lipinski definition) is 1. The molecule has 0 aliphatic carbocycles. The highest BCUT2D eigenvalue weighted by molar-refractivity contribution is 6.06. The zero-order chi connectivity index (χ0) is 17.5. The van der Waals surface area contributed by atoms with Gasteiger partial charge in [0, 0.05) is 17.3 Å². The van der Waals surface area contributed by atoms with E-state index in [1.54, 1.807) is 6.20 Å². The molecule has 0 unspecified atom stereocenters. The van der Waals surface area contributed by atoms with E-state index in [1.807, 2.05) is 25.5 Å². The summed E-state index contributed by atoms with van der Waals surface area (Å²) in [6.07, 6.45) is 5.84. The van der Waals surface area contributed by atoms with E-state index in [1.165, 1.54) is 18.7 Å². The Bertz CT molecular complexity index is 934. The Morgan fingerprint density at radius 1 is 1.04 bits per heavy atom. The summed E-state index contributed by atoms with van der Waals surface area (Å²) in [5.41, 5.74) is 2.24. The van der Waals surface area contributed by atoms with Gasteiger partial charge in [0.05, 0.1) is 23.3 Å². The SMILES string of the molecule is C=C(C(=C)c1nn(C(C)(C)C)c2ncncc12)c1ncc(O)cn1. The highest BCUT2D eigenvalue weighted by atomic mass is 16.3. The lowest BCUT2D eigenvalue weighted by Crippen LogP contribution is -2.23. The van der Waals surface area contributed by atoms with Crippen LogP contribution < -0.4 is 0 Å². The van der Waals surface area contributed by atoms with Gasteiger partial charge in [0.1, 0.15) is 12.0 Å². The summed E-state index contributed by atoms with van der Waals surface area (Å²) in [5.74, 6) is 0.376. The molecule has 0 aliphatic rings. The van der Waals surface area contributed by atoms with E-state index in [9.17, 15) is 5.11 Å². The molecule has 3 rings (SSSR count). The van der Waals surface area contributed by atoms with Gasteiger partial charge in [0.2, 0.25) is 0 Å². The number of hydrogen-bond acceptors (Lipinski definition) is 6. The molecule has 122 valence electrons. The molecule has 7 heteroatoms. The second-order valence-corrected chi connectivity index (χ2v) is 6.41. The molecule has 0 radical (unpaired) electrons. The van der Waals surface area contributed by atoms with Crippen LogP contribution in [0.1, 0.15) is 32.3 Å². The summed E-state index contributed by atoms with van der Waals surface area (Å²) < 4.78 is 1.84. The van der Waals surface area contributed by atoms with Crippen LogP contribution in [0.2, 0.25) is 0 Å². The average Bonchev–Trinajstić information content (AvgIpc) is 2.94. The maximum atomic E-state index is 9.32. The second-order valence-electron chi connectivity index (χ2n) is 6.41. The monoisotopic (exact) mass is 322 g/mol. The molecule has 24 heavy (non-hydrogen) atoms. The molecule has 0 bridgehead atoms. The van der Waals surface area contributed by atoms with Gasteiger partial charge >= 0.3 is 0 Å². The summed E-state index contributed by atoms with van der Waals surface area (Å²) in [4.78, 5) is 16.6. The van der Waals surface area contributed by atoms with Gasteiger partial charge in [-0.2, -0.15) is 5.10 Å². The molecule has 0 spiro atoms. The first kappa shape index (κ1) is 15.8. The Morgan fingerprint density at radius 3 is 2.33 bits per heavy atom. The largest absolute Gasteiger partial charge is 0.505 e. The van der Waals surface area contributed by atoms with Crippen LogP contribution in [-0.2, 0) is 5.54 Å². The predicted molar refractivity (Wildman–Crippen MR) is 92.1 cm³/mol. The van der Waals surface area contributed by atoms with Crippen molar-refractivity contribution in [2.24, 2.45) is 0 Å². The van der Waals surface area contributed by atoms with Crippen LogP contribution in [-0.4, -0.2) is 34.8 Å². The number of rotatable bonds is 3. The van der Waals surface area contributed by atoms with E-state index < -0.39 is 0 Å². The molecule has 7 nitrogen and oxygen atoms in total. The van der Waals surface area contributed by atoms with Gasteiger partial charge in [-0.25, -0.2) is 24.6 Å². The van der Waals surface area contributed by atoms with Gasteiger partial charge in [-0.3, -0.25) is 0 Å². The highest BCUT2D eigenvalue weighted by Crippen LogP contribution is 2.32. The minimum Gasteiger partial charge on any atom is -0.505 e. The lowest BCUT2D eigenvalue weighted by molar-refractivity contribution is 0.365. The highest BCUT2D eigenvalue weighted by Gasteiger charge is 2.23. The number of fused-ring (bicyclic) bond motifs is 1. The molecule has 0 aliphatic heterocycles. The van der Waals surface area contributed by atoms with Crippen LogP contribution in [0.3, 0.4) is 0 Å². The van der Waals surface area contributed by atoms with Crippen LogP contribution in [0.25, 0.3) is 22.2 Å². The first-order chi connectivity index (χ1) is 11.3. The summed E-state index contributed by atoms with van der Waals surface area (Å²) in [6.45, 7) is 14.3. The molecule has 0 saturated heterocycles. The van der Waals surface area contributed by atoms with Gasteiger partial charge in [-0.1, -0.05) is 13.2 Å². The van der Waals surface area contributed by atoms with E-state index in [2.05, 4.69) is 38.2 Å². The minimum atomic E-state index is -0.249. The lowest BCUT2D eigenvalue weighted by atomic mass is 10.0. The molecule has 3 aromatic rings. The molecule has 3 heterocycles. The Hall–Kier alpha value is -3.09. The van der Waals surface area contributed by atoms with Gasteiger partial charge in [-0.05, 0) is 20.8 Å². The molecule has 0 atom stereocenters. The Morgan fingerprint density at radius 2 is 1.71 bits per heavy atom. The van der Waals surface area contributed by atoms with Gasteiger partial charge in [0.15, 0.2) is 17.2 Å². The van der Waals surface area contributed by atoms with Crippen molar-refractivity contribution in [3.63, 3.8) is 0 Å². The van der Waals surface area contributed by atoms with Gasteiger partial charge in [-0.15, -0.1) is 0 Å². The van der Waals surface area contributed by atoms with Crippen molar-refractivity contribution in [3.8, 4) is 5.75 Å². The predicted octanol–water partition coefficient (Wildman–Crippen LogP) is 2.80. The Labute approximate surface area is 139 Å². The number of aromatic nitrogens is 6. The Kier molecular flexibility index (Phi) is 3.63. The van der Waals surface area contributed by atoms with Gasteiger partial charge in [0.25, 0.3) is 0 Å². The first-order valence-electron chi connectivity index (χ1n) is 7.38. The fraction of sp³-hybridized carbons (Fsp3) is 0.235. The topological polar surface area (TPSA) is 89.6 Å². The molecular formula is C17H18N6O. The van der Waals surface area contributed by atoms with E-state index in [4.69, 9.17) is 0 Å². The summed E-state index contributed by atoms with van der Waals surface area (Å²) in [6, 6.07) is 0. The van der Waals surface area contributed by atoms with Crippen molar-refractivity contribution in [2.75, 3.05) is 0 Å². The maximum absolute atomic E-state index is 9.32. The molecular weight excluding hydrogens is 304 g/mol. The lowest BCUT2D eigenvalue weighted by Gasteiger charge is -2.19. The van der Waals surface area contributed by atoms with Crippen molar-refractivity contribution < 1.29 is 5.11 Å². The third-order valence-electron chi connectivity index (χ3n) is 3.54. The standard InChI is InChI=1S/C17H18N6O/c1-10(11(2)15-19-6-12(24)7-20-15)14-13-8-18-9-21-16(13)23(22-14)17(3,4)5/h6-9,24H,1-2H2,3-5H3. The number of aromatic hydroxyl groups is 1. The zero-order valence-electron chi connectivity index (χ0n) is 13.9. The normalized spacial score (nSPS) is 11.6. The molecule has 0 aromatic carbocycles. The third kappa shape index (κ3) is 2.64. The summed E-state index contributed by atoms with van der Waals surface area (Å²) >= 11 is 0. The van der Waals surface area contributed by atoms with Crippen LogP contribution in [0.15, 0.2) is 38.1 Å². The molecule has 3 aromatic heterocycles. The average molecular weight is 322 g/mol. The van der Waals surface area contributed by atoms with Crippen LogP contribution in [0, 0.1) is 0 Å². The maximum Gasteiger partial charge on any atom is 0.162 e. The quantitative estimate of drug-likeness (QED) is 0.746. The zero-order valence-corrected chi connectivity index (χ0v) is 13.9. The molecule has 0 saturated carbocycles. The molecule has 1 N–H and O–H groups in total. The van der Waals surface area contributed by atoms with Crippen molar-refractivity contribution in [2.45, 2.75) is 26.3 Å². The van der Waals surface area contributed by atoms with Crippen LogP contribution in [0.5, 0.6) is 5.75 Å². The van der Waals surface area contributed by atoms with Gasteiger partial charge < -0.3 is 5.11 Å². The summed E-state index contributed by atoms with van der Waals surface area (Å²) in [7, 11) is 0. The molecule has 0 amide bonds. The first-order valence-corrected chi connectivity index (χ1v) is 7.38. The van der Waals surface area contributed by atoms with E-state index in [-0.39, 0.29) is 11.3 Å². The van der Waals surface area contributed by atoms with E-state index >= 15 is 0 Å². The summed E-state index contributed by atoms with van der Waals surface area (Å²) in [5, 5.41) is 14.8. The van der Waals surface area contributed by atoms with Crippen molar-refractivity contribution in [3.05, 3.63) is 49.6 Å². The fourth-order valence-corrected chi connectivity index (χ4v) is 2.31. The van der Waals surface area contributed by atoms with E-state index in [0.717, 1.165) is 11.0 Å². The van der Waals surface area contributed by atoms with Crippen LogP contribution in [0.4, 0.5) is 0 Å². The second kappa shape index (κ2) is 5.52. The van der Waals surface area contributed by atoms with Crippen molar-refractivity contribution in [1.29, 1.82) is 0 Å². The third-order valence-corrected chi connectivity index (χ3v) is 3.54. The number of allylic oxidation sites excluding steroid dienone is 2. The van der Waals surface area contributed by atoms with Crippen molar-refractivity contribution in [1.82, 2.24) is 29.7 Å². The van der Waals surface area contributed by atoms with E-state index in [0.29, 0.717) is 22.7 Å². The molecule has 0 fully saturated rings.